The fourth-order valence-corrected chi connectivity index (χ4v) is 1.49. The van der Waals surface area contributed by atoms with E-state index >= 15 is 0 Å². The van der Waals surface area contributed by atoms with Gasteiger partial charge in [0.05, 0.1) is 12.8 Å². The van der Waals surface area contributed by atoms with Gasteiger partial charge in [-0.3, -0.25) is 0 Å². The van der Waals surface area contributed by atoms with Crippen LogP contribution in [0.15, 0.2) is 6.07 Å². The third kappa shape index (κ3) is 3.47. The predicted molar refractivity (Wildman–Crippen MR) is 59.7 cm³/mol. The number of aryl methyl sites for hydroxylation is 1. The topological polar surface area (TPSA) is 61.0 Å². The second-order valence-electron chi connectivity index (χ2n) is 4.12. The molecule has 1 atom stereocenters. The number of ether oxygens (including phenoxy) is 1. The molecular weight excluding hydrogens is 190 g/mol. The van der Waals surface area contributed by atoms with Crippen molar-refractivity contribution in [1.29, 1.82) is 0 Å². The maximum Gasteiger partial charge on any atom is 0.216 e. The monoisotopic (exact) mass is 209 g/mol. The predicted octanol–water partition coefficient (Wildman–Crippen LogP) is 1.84. The van der Waals surface area contributed by atoms with Crippen LogP contribution in [0.1, 0.15) is 37.8 Å². The molecule has 0 aromatic carbocycles. The second kappa shape index (κ2) is 5.07. The van der Waals surface area contributed by atoms with Gasteiger partial charge >= 0.3 is 0 Å². The van der Waals surface area contributed by atoms with E-state index in [2.05, 4.69) is 23.8 Å². The highest BCUT2D eigenvalue weighted by atomic mass is 16.5. The summed E-state index contributed by atoms with van der Waals surface area (Å²) in [6.07, 6.45) is 0.916. The van der Waals surface area contributed by atoms with Crippen LogP contribution in [0, 0.1) is 12.8 Å². The van der Waals surface area contributed by atoms with Crippen LogP contribution in [-0.4, -0.2) is 17.1 Å². The summed E-state index contributed by atoms with van der Waals surface area (Å²) in [7, 11) is 1.60. The Labute approximate surface area is 90.9 Å². The molecule has 0 aliphatic rings. The molecule has 0 saturated carbocycles. The number of hydrogen-bond donors (Lipinski definition) is 1. The highest BCUT2D eigenvalue weighted by molar-refractivity contribution is 5.18. The van der Waals surface area contributed by atoms with Crippen molar-refractivity contribution in [1.82, 2.24) is 9.97 Å². The van der Waals surface area contributed by atoms with Crippen LogP contribution < -0.4 is 10.5 Å². The Bertz CT molecular complexity index is 326. The molecule has 15 heavy (non-hydrogen) atoms. The number of methoxy groups -OCH3 is 1. The number of nitrogens with two attached hydrogens (primary N) is 1. The number of hydrogen-bond acceptors (Lipinski definition) is 4. The van der Waals surface area contributed by atoms with Crippen LogP contribution in [-0.2, 0) is 0 Å². The van der Waals surface area contributed by atoms with Crippen molar-refractivity contribution < 1.29 is 4.74 Å². The maximum atomic E-state index is 6.04. The summed E-state index contributed by atoms with van der Waals surface area (Å²) in [5.41, 5.74) is 6.90. The van der Waals surface area contributed by atoms with Crippen LogP contribution in [0.2, 0.25) is 0 Å². The first-order valence-electron chi connectivity index (χ1n) is 5.18. The summed E-state index contributed by atoms with van der Waals surface area (Å²) in [4.78, 5) is 8.44. The van der Waals surface area contributed by atoms with Gasteiger partial charge in [-0.15, -0.1) is 0 Å². The van der Waals surface area contributed by atoms with Crippen molar-refractivity contribution in [2.75, 3.05) is 7.11 Å². The van der Waals surface area contributed by atoms with E-state index in [0.717, 1.165) is 12.1 Å². The smallest absolute Gasteiger partial charge is 0.216 e. The highest BCUT2D eigenvalue weighted by Gasteiger charge is 2.12. The first kappa shape index (κ1) is 11.9. The summed E-state index contributed by atoms with van der Waals surface area (Å²) in [5, 5.41) is 0. The Balaban J connectivity index is 2.88. The molecule has 1 heterocycles. The Morgan fingerprint density at radius 2 is 2.07 bits per heavy atom. The molecule has 1 rings (SSSR count). The molecule has 0 amide bonds. The van der Waals surface area contributed by atoms with Crippen molar-refractivity contribution in [3.63, 3.8) is 0 Å². The molecule has 0 bridgehead atoms. The molecular formula is C11H19N3O. The van der Waals surface area contributed by atoms with E-state index in [1.807, 2.05) is 6.92 Å². The van der Waals surface area contributed by atoms with Crippen LogP contribution in [0.5, 0.6) is 5.88 Å². The van der Waals surface area contributed by atoms with Gasteiger partial charge in [0.15, 0.2) is 0 Å². The van der Waals surface area contributed by atoms with Gasteiger partial charge in [-0.05, 0) is 19.3 Å². The summed E-state index contributed by atoms with van der Waals surface area (Å²) < 4.78 is 5.08. The quantitative estimate of drug-likeness (QED) is 0.822. The standard InChI is InChI=1S/C11H19N3O/c1-7(2)5-9(12)10-6-11(15-4)14-8(3)13-10/h6-7,9H,5,12H2,1-4H3/t9-/m1/s1. The first-order valence-corrected chi connectivity index (χ1v) is 5.18. The van der Waals surface area contributed by atoms with Gasteiger partial charge in [0.1, 0.15) is 5.82 Å². The number of aromatic nitrogens is 2. The third-order valence-corrected chi connectivity index (χ3v) is 2.15. The molecule has 0 unspecified atom stereocenters. The van der Waals surface area contributed by atoms with Crippen molar-refractivity contribution in [3.05, 3.63) is 17.6 Å². The fraction of sp³-hybridized carbons (Fsp3) is 0.636. The highest BCUT2D eigenvalue weighted by Crippen LogP contribution is 2.19. The SMILES string of the molecule is COc1cc([C@H](N)CC(C)C)nc(C)n1. The van der Waals surface area contributed by atoms with Gasteiger partial charge in [0, 0.05) is 12.1 Å². The van der Waals surface area contributed by atoms with E-state index in [1.54, 1.807) is 13.2 Å². The molecule has 0 fully saturated rings. The fourth-order valence-electron chi connectivity index (χ4n) is 1.49. The Morgan fingerprint density at radius 1 is 1.40 bits per heavy atom. The average Bonchev–Trinajstić information content (AvgIpc) is 2.15. The van der Waals surface area contributed by atoms with Gasteiger partial charge in [-0.1, -0.05) is 13.8 Å². The molecule has 84 valence electrons. The summed E-state index contributed by atoms with van der Waals surface area (Å²) in [5.74, 6) is 1.83. The molecule has 4 nitrogen and oxygen atoms in total. The molecule has 1 aromatic heterocycles. The Kier molecular flexibility index (Phi) is 4.03. The minimum absolute atomic E-state index is 0.0411. The van der Waals surface area contributed by atoms with Gasteiger partial charge in [-0.2, -0.15) is 4.98 Å². The molecule has 2 N–H and O–H groups in total. The minimum atomic E-state index is -0.0411. The van der Waals surface area contributed by atoms with E-state index in [0.29, 0.717) is 17.6 Å². The summed E-state index contributed by atoms with van der Waals surface area (Å²) in [6.45, 7) is 6.13. The zero-order valence-electron chi connectivity index (χ0n) is 9.82. The van der Waals surface area contributed by atoms with Crippen LogP contribution in [0.3, 0.4) is 0 Å². The average molecular weight is 209 g/mol. The van der Waals surface area contributed by atoms with E-state index < -0.39 is 0 Å². The minimum Gasteiger partial charge on any atom is -0.481 e. The van der Waals surface area contributed by atoms with Gasteiger partial charge in [0.2, 0.25) is 5.88 Å². The molecule has 0 aliphatic carbocycles. The Hall–Kier alpha value is -1.16. The molecule has 0 saturated heterocycles. The maximum absolute atomic E-state index is 6.04. The van der Waals surface area contributed by atoms with Crippen LogP contribution in [0.25, 0.3) is 0 Å². The van der Waals surface area contributed by atoms with Crippen LogP contribution >= 0.6 is 0 Å². The molecule has 0 spiro atoms. The van der Waals surface area contributed by atoms with E-state index in [-0.39, 0.29) is 6.04 Å². The van der Waals surface area contributed by atoms with Gasteiger partial charge in [-0.25, -0.2) is 4.98 Å². The lowest BCUT2D eigenvalue weighted by molar-refractivity contribution is 0.392. The van der Waals surface area contributed by atoms with Crippen molar-refractivity contribution >= 4 is 0 Å². The van der Waals surface area contributed by atoms with Gasteiger partial charge < -0.3 is 10.5 Å². The van der Waals surface area contributed by atoms with Gasteiger partial charge in [0.25, 0.3) is 0 Å². The largest absolute Gasteiger partial charge is 0.481 e. The lowest BCUT2D eigenvalue weighted by Crippen LogP contribution is -2.15. The van der Waals surface area contributed by atoms with E-state index in [1.165, 1.54) is 0 Å². The number of nitrogens with zero attached hydrogens (tertiary/aromatic N) is 2. The molecule has 4 heteroatoms. The lowest BCUT2D eigenvalue weighted by atomic mass is 10.0. The summed E-state index contributed by atoms with van der Waals surface area (Å²) >= 11 is 0. The molecule has 0 radical (unpaired) electrons. The third-order valence-electron chi connectivity index (χ3n) is 2.15. The van der Waals surface area contributed by atoms with E-state index in [4.69, 9.17) is 10.5 Å². The van der Waals surface area contributed by atoms with Crippen LogP contribution in [0.4, 0.5) is 0 Å². The molecule has 1 aromatic rings. The zero-order chi connectivity index (χ0) is 11.4. The van der Waals surface area contributed by atoms with E-state index in [9.17, 15) is 0 Å². The molecule has 0 aliphatic heterocycles. The Morgan fingerprint density at radius 3 is 2.60 bits per heavy atom. The van der Waals surface area contributed by atoms with Crippen molar-refractivity contribution in [2.24, 2.45) is 11.7 Å². The first-order chi connectivity index (χ1) is 7.02. The summed E-state index contributed by atoms with van der Waals surface area (Å²) in [6, 6.07) is 1.76. The van der Waals surface area contributed by atoms with Crippen molar-refractivity contribution in [3.8, 4) is 5.88 Å². The zero-order valence-corrected chi connectivity index (χ0v) is 9.82. The normalized spacial score (nSPS) is 12.9. The number of rotatable bonds is 4. The lowest BCUT2D eigenvalue weighted by Gasteiger charge is -2.14. The van der Waals surface area contributed by atoms with Crippen molar-refractivity contribution in [2.45, 2.75) is 33.2 Å². The second-order valence-corrected chi connectivity index (χ2v) is 4.12.